The Morgan fingerprint density at radius 3 is 2.42 bits per heavy atom. The van der Waals surface area contributed by atoms with Gasteiger partial charge in [-0.15, -0.1) is 0 Å². The summed E-state index contributed by atoms with van der Waals surface area (Å²) in [4.78, 5) is 0. The van der Waals surface area contributed by atoms with Gasteiger partial charge in [0, 0.05) is 0 Å². The molecule has 0 aromatic heterocycles. The fraction of sp³-hybridized carbons (Fsp3) is 0.333. The number of ether oxygens (including phenoxy) is 1. The fourth-order valence-electron chi connectivity index (χ4n) is 2.91. The van der Waals surface area contributed by atoms with E-state index in [0.29, 0.717) is 30.6 Å². The van der Waals surface area contributed by atoms with Gasteiger partial charge >= 0.3 is 0 Å². The van der Waals surface area contributed by atoms with Gasteiger partial charge in [0.25, 0.3) is 0 Å². The zero-order chi connectivity index (χ0) is 17.1. The average Bonchev–Trinajstić information content (AvgIpc) is 2.60. The quantitative estimate of drug-likeness (QED) is 0.745. The van der Waals surface area contributed by atoms with E-state index >= 15 is 0 Å². The third-order valence-corrected chi connectivity index (χ3v) is 4.58. The second kappa shape index (κ2) is 7.27. The van der Waals surface area contributed by atoms with E-state index in [1.807, 2.05) is 0 Å². The predicted octanol–water partition coefficient (Wildman–Crippen LogP) is 5.25. The Hall–Kier alpha value is -2.00. The molecular weight excluding hydrogens is 306 g/mol. The van der Waals surface area contributed by atoms with E-state index in [4.69, 9.17) is 4.74 Å². The van der Waals surface area contributed by atoms with Gasteiger partial charge in [0.05, 0.1) is 12.7 Å². The summed E-state index contributed by atoms with van der Waals surface area (Å²) in [7, 11) is 0. The van der Waals surface area contributed by atoms with Crippen LogP contribution in [0, 0.1) is 18.6 Å². The first kappa shape index (κ1) is 16.8. The summed E-state index contributed by atoms with van der Waals surface area (Å²) in [5, 5.41) is 0. The van der Waals surface area contributed by atoms with Crippen LogP contribution in [0.15, 0.2) is 42.5 Å². The first-order valence-electron chi connectivity index (χ1n) is 8.38. The zero-order valence-electron chi connectivity index (χ0n) is 14.1. The Labute approximate surface area is 142 Å². The molecule has 0 N–H and O–H groups in total. The fourth-order valence-corrected chi connectivity index (χ4v) is 2.91. The Bertz CT molecular complexity index is 747. The van der Waals surface area contributed by atoms with Crippen LogP contribution in [0.1, 0.15) is 35.6 Å². The summed E-state index contributed by atoms with van der Waals surface area (Å²) >= 11 is 0. The highest BCUT2D eigenvalue weighted by Crippen LogP contribution is 2.23. The molecule has 126 valence electrons. The predicted molar refractivity (Wildman–Crippen MR) is 93.0 cm³/mol. The normalized spacial score (nSPS) is 17.7. The standard InChI is InChI=1S/C21H22F2O/c1-14-3-8-18(21(23)20(14)22)12-7-16-5-10-17(11-6-16)19-9-4-15(2)24-13-19/h3,5-6,8-11,15H,4,7,12-13H2,1-2H3. The van der Waals surface area contributed by atoms with Crippen molar-refractivity contribution < 1.29 is 13.5 Å². The molecule has 0 spiro atoms. The zero-order valence-corrected chi connectivity index (χ0v) is 14.1. The molecule has 0 bridgehead atoms. The number of rotatable bonds is 4. The molecule has 0 amide bonds. The molecule has 2 aromatic rings. The van der Waals surface area contributed by atoms with Crippen LogP contribution in [-0.4, -0.2) is 12.7 Å². The molecule has 3 rings (SSSR count). The lowest BCUT2D eigenvalue weighted by molar-refractivity contribution is 0.0872. The highest BCUT2D eigenvalue weighted by Gasteiger charge is 2.12. The topological polar surface area (TPSA) is 9.23 Å². The molecule has 1 unspecified atom stereocenters. The Balaban J connectivity index is 1.66. The van der Waals surface area contributed by atoms with E-state index in [1.54, 1.807) is 19.1 Å². The third-order valence-electron chi connectivity index (χ3n) is 4.58. The second-order valence-electron chi connectivity index (χ2n) is 6.45. The van der Waals surface area contributed by atoms with Crippen LogP contribution in [0.3, 0.4) is 0 Å². The lowest BCUT2D eigenvalue weighted by Crippen LogP contribution is -2.14. The first-order valence-corrected chi connectivity index (χ1v) is 8.38. The van der Waals surface area contributed by atoms with Gasteiger partial charge in [0.15, 0.2) is 11.6 Å². The molecular formula is C21H22F2O. The second-order valence-corrected chi connectivity index (χ2v) is 6.45. The van der Waals surface area contributed by atoms with Gasteiger partial charge in [-0.05, 0) is 60.9 Å². The number of benzene rings is 2. The minimum atomic E-state index is -0.735. The van der Waals surface area contributed by atoms with Gasteiger partial charge in [0.2, 0.25) is 0 Å². The largest absolute Gasteiger partial charge is 0.373 e. The molecule has 0 saturated carbocycles. The highest BCUT2D eigenvalue weighted by molar-refractivity contribution is 5.67. The van der Waals surface area contributed by atoms with Crippen LogP contribution in [0.2, 0.25) is 0 Å². The molecule has 0 saturated heterocycles. The van der Waals surface area contributed by atoms with E-state index in [0.717, 1.165) is 12.0 Å². The Morgan fingerprint density at radius 1 is 1.00 bits per heavy atom. The Morgan fingerprint density at radius 2 is 1.75 bits per heavy atom. The maximum Gasteiger partial charge on any atom is 0.162 e. The van der Waals surface area contributed by atoms with E-state index in [-0.39, 0.29) is 6.10 Å². The van der Waals surface area contributed by atoms with Crippen LogP contribution in [0.5, 0.6) is 0 Å². The van der Waals surface area contributed by atoms with E-state index in [2.05, 4.69) is 37.3 Å². The highest BCUT2D eigenvalue weighted by atomic mass is 19.2. The van der Waals surface area contributed by atoms with Crippen molar-refractivity contribution in [3.63, 3.8) is 0 Å². The molecule has 1 heterocycles. The van der Waals surface area contributed by atoms with Gasteiger partial charge in [-0.3, -0.25) is 0 Å². The number of aryl methyl sites for hydroxylation is 3. The van der Waals surface area contributed by atoms with Gasteiger partial charge in [-0.1, -0.05) is 42.5 Å². The Kier molecular flexibility index (Phi) is 5.10. The number of hydrogen-bond acceptors (Lipinski definition) is 1. The minimum absolute atomic E-state index is 0.290. The third kappa shape index (κ3) is 3.73. The number of hydrogen-bond donors (Lipinski definition) is 0. The lowest BCUT2D eigenvalue weighted by Gasteiger charge is -2.19. The molecule has 0 fully saturated rings. The van der Waals surface area contributed by atoms with Gasteiger partial charge in [-0.25, -0.2) is 8.78 Å². The van der Waals surface area contributed by atoms with E-state index in [1.165, 1.54) is 11.1 Å². The van der Waals surface area contributed by atoms with Crippen molar-refractivity contribution in [1.82, 2.24) is 0 Å². The van der Waals surface area contributed by atoms with Crippen molar-refractivity contribution in [2.24, 2.45) is 0 Å². The molecule has 0 aliphatic carbocycles. The van der Waals surface area contributed by atoms with Gasteiger partial charge in [-0.2, -0.15) is 0 Å². The SMILES string of the molecule is Cc1ccc(CCc2ccc(C3=CCC(C)OC3)cc2)c(F)c1F. The van der Waals surface area contributed by atoms with Crippen LogP contribution < -0.4 is 0 Å². The van der Waals surface area contributed by atoms with Crippen molar-refractivity contribution in [3.8, 4) is 0 Å². The average molecular weight is 328 g/mol. The smallest absolute Gasteiger partial charge is 0.162 e. The molecule has 2 aromatic carbocycles. The monoisotopic (exact) mass is 328 g/mol. The van der Waals surface area contributed by atoms with Crippen molar-refractivity contribution in [1.29, 1.82) is 0 Å². The minimum Gasteiger partial charge on any atom is -0.373 e. The van der Waals surface area contributed by atoms with E-state index in [9.17, 15) is 8.78 Å². The maximum atomic E-state index is 13.9. The summed E-state index contributed by atoms with van der Waals surface area (Å²) in [5.74, 6) is -1.45. The molecule has 0 radical (unpaired) electrons. The van der Waals surface area contributed by atoms with Crippen LogP contribution >= 0.6 is 0 Å². The molecule has 1 atom stereocenters. The summed E-state index contributed by atoms with van der Waals surface area (Å²) < 4.78 is 33.2. The van der Waals surface area contributed by atoms with E-state index < -0.39 is 11.6 Å². The number of halogens is 2. The molecule has 3 heteroatoms. The van der Waals surface area contributed by atoms with Crippen molar-refractivity contribution in [2.45, 2.75) is 39.2 Å². The van der Waals surface area contributed by atoms with Gasteiger partial charge < -0.3 is 4.74 Å². The van der Waals surface area contributed by atoms with Crippen molar-refractivity contribution in [2.75, 3.05) is 6.61 Å². The summed E-state index contributed by atoms with van der Waals surface area (Å²) in [6.07, 6.45) is 4.64. The van der Waals surface area contributed by atoms with Crippen LogP contribution in [0.25, 0.3) is 5.57 Å². The van der Waals surface area contributed by atoms with Crippen LogP contribution in [-0.2, 0) is 17.6 Å². The van der Waals surface area contributed by atoms with Crippen LogP contribution in [0.4, 0.5) is 8.78 Å². The lowest BCUT2D eigenvalue weighted by atomic mass is 9.98. The van der Waals surface area contributed by atoms with Crippen molar-refractivity contribution in [3.05, 3.63) is 76.4 Å². The van der Waals surface area contributed by atoms with Gasteiger partial charge in [0.1, 0.15) is 0 Å². The molecule has 24 heavy (non-hydrogen) atoms. The molecule has 1 nitrogen and oxygen atoms in total. The molecule has 1 aliphatic rings. The molecule has 1 aliphatic heterocycles. The summed E-state index contributed by atoms with van der Waals surface area (Å²) in [6, 6.07) is 11.6. The summed E-state index contributed by atoms with van der Waals surface area (Å²) in [6.45, 7) is 4.29. The maximum absolute atomic E-state index is 13.9. The first-order chi connectivity index (χ1) is 11.5. The summed E-state index contributed by atoms with van der Waals surface area (Å²) in [5.41, 5.74) is 4.27. The van der Waals surface area contributed by atoms with Crippen molar-refractivity contribution >= 4 is 5.57 Å².